The van der Waals surface area contributed by atoms with Gasteiger partial charge in [0.1, 0.15) is 0 Å². The van der Waals surface area contributed by atoms with Crippen molar-refractivity contribution in [2.75, 3.05) is 7.11 Å². The Hall–Kier alpha value is -2.05. The second-order valence-corrected chi connectivity index (χ2v) is 3.24. The molecule has 0 spiro atoms. The molecule has 0 atom stereocenters. The van der Waals surface area contributed by atoms with E-state index < -0.39 is 29.1 Å². The van der Waals surface area contributed by atoms with Gasteiger partial charge < -0.3 is 9.84 Å². The molecule has 1 aromatic rings. The Morgan fingerprint density at radius 2 is 2.00 bits per heavy atom. The molecule has 18 heavy (non-hydrogen) atoms. The van der Waals surface area contributed by atoms with E-state index in [0.29, 0.717) is 6.07 Å². The molecule has 0 saturated heterocycles. The minimum atomic E-state index is -4.89. The number of carbonyl (C=O) groups is 1. The van der Waals surface area contributed by atoms with Crippen LogP contribution in [0.1, 0.15) is 5.56 Å². The van der Waals surface area contributed by atoms with Crippen LogP contribution < -0.4 is 4.74 Å². The van der Waals surface area contributed by atoms with E-state index in [4.69, 9.17) is 5.11 Å². The van der Waals surface area contributed by atoms with Crippen molar-refractivity contribution < 1.29 is 32.2 Å². The fourth-order valence-corrected chi connectivity index (χ4v) is 1.29. The number of allylic oxidation sites excluding steroid dienone is 1. The van der Waals surface area contributed by atoms with Crippen LogP contribution in [0.4, 0.5) is 17.6 Å². The summed E-state index contributed by atoms with van der Waals surface area (Å²) in [4.78, 5) is 10.3. The molecule has 0 amide bonds. The number of benzene rings is 1. The van der Waals surface area contributed by atoms with Gasteiger partial charge in [-0.3, -0.25) is 0 Å². The van der Waals surface area contributed by atoms with Gasteiger partial charge in [0.25, 0.3) is 0 Å². The molecule has 0 fully saturated rings. The van der Waals surface area contributed by atoms with Crippen LogP contribution in [-0.4, -0.2) is 24.4 Å². The number of methoxy groups -OCH3 is 1. The third kappa shape index (κ3) is 3.22. The maximum Gasteiger partial charge on any atom is 0.417 e. The molecule has 0 aromatic heterocycles. The normalized spacial score (nSPS) is 12.4. The number of alkyl halides is 3. The van der Waals surface area contributed by atoms with Crippen LogP contribution in [0.25, 0.3) is 5.57 Å². The first-order valence-electron chi connectivity index (χ1n) is 4.61. The highest BCUT2D eigenvalue weighted by Crippen LogP contribution is 2.35. The number of carboxylic acid groups (broad SMARTS) is 1. The molecule has 0 bridgehead atoms. The summed E-state index contributed by atoms with van der Waals surface area (Å²) in [5.74, 6) is -3.00. The number of ether oxygens (including phenoxy) is 1. The largest absolute Gasteiger partial charge is 0.494 e. The lowest BCUT2D eigenvalue weighted by Crippen LogP contribution is -2.12. The molecule has 0 aliphatic carbocycles. The van der Waals surface area contributed by atoms with Gasteiger partial charge >= 0.3 is 12.1 Å². The molecular weight excluding hydrogens is 256 g/mol. The van der Waals surface area contributed by atoms with Gasteiger partial charge in [-0.15, -0.1) is 0 Å². The van der Waals surface area contributed by atoms with Gasteiger partial charge in [-0.1, -0.05) is 6.07 Å². The highest BCUT2D eigenvalue weighted by atomic mass is 19.4. The Morgan fingerprint density at radius 1 is 1.39 bits per heavy atom. The summed E-state index contributed by atoms with van der Waals surface area (Å²) in [5.41, 5.74) is -2.01. The Bertz CT molecular complexity index is 492. The van der Waals surface area contributed by atoms with E-state index in [1.807, 2.05) is 0 Å². The molecule has 1 aromatic carbocycles. The van der Waals surface area contributed by atoms with E-state index in [0.717, 1.165) is 19.2 Å². The summed E-state index contributed by atoms with van der Waals surface area (Å²) < 4.78 is 55.6. The summed E-state index contributed by atoms with van der Waals surface area (Å²) >= 11 is 0. The first kappa shape index (κ1) is 14.0. The van der Waals surface area contributed by atoms with Crippen LogP contribution in [0, 0.1) is 5.82 Å². The quantitative estimate of drug-likeness (QED) is 0.674. The predicted molar refractivity (Wildman–Crippen MR) is 54.6 cm³/mol. The Labute approximate surface area is 99.3 Å². The fourth-order valence-electron chi connectivity index (χ4n) is 1.29. The van der Waals surface area contributed by atoms with E-state index in [1.54, 1.807) is 0 Å². The topological polar surface area (TPSA) is 46.5 Å². The fraction of sp³-hybridized carbons (Fsp3) is 0.182. The zero-order valence-corrected chi connectivity index (χ0v) is 9.08. The number of aliphatic carboxylic acids is 1. The van der Waals surface area contributed by atoms with Crippen molar-refractivity contribution in [3.05, 3.63) is 35.7 Å². The molecule has 0 radical (unpaired) electrons. The van der Waals surface area contributed by atoms with Gasteiger partial charge in [0.15, 0.2) is 11.6 Å². The van der Waals surface area contributed by atoms with Crippen molar-refractivity contribution in [2.24, 2.45) is 0 Å². The van der Waals surface area contributed by atoms with E-state index in [9.17, 15) is 22.4 Å². The van der Waals surface area contributed by atoms with Crippen molar-refractivity contribution in [2.45, 2.75) is 6.18 Å². The minimum Gasteiger partial charge on any atom is -0.494 e. The van der Waals surface area contributed by atoms with Crippen molar-refractivity contribution in [3.63, 3.8) is 0 Å². The van der Waals surface area contributed by atoms with Crippen molar-refractivity contribution in [3.8, 4) is 5.75 Å². The lowest BCUT2D eigenvalue weighted by Gasteiger charge is -2.12. The Balaban J connectivity index is 3.32. The SMILES string of the molecule is COc1ccc(/C(=C\C(=O)O)C(F)(F)F)cc1F. The summed E-state index contributed by atoms with van der Waals surface area (Å²) in [7, 11) is 1.16. The highest BCUT2D eigenvalue weighted by molar-refractivity contribution is 5.91. The van der Waals surface area contributed by atoms with Crippen LogP contribution in [0.5, 0.6) is 5.75 Å². The molecule has 3 nitrogen and oxygen atoms in total. The smallest absolute Gasteiger partial charge is 0.417 e. The van der Waals surface area contributed by atoms with E-state index in [2.05, 4.69) is 4.74 Å². The van der Waals surface area contributed by atoms with Gasteiger partial charge in [0.2, 0.25) is 0 Å². The first-order chi connectivity index (χ1) is 8.25. The minimum absolute atomic E-state index is 0.0126. The van der Waals surface area contributed by atoms with Crippen LogP contribution in [0.15, 0.2) is 24.3 Å². The maximum atomic E-state index is 13.3. The zero-order valence-electron chi connectivity index (χ0n) is 9.08. The van der Waals surface area contributed by atoms with E-state index in [1.165, 1.54) is 0 Å². The van der Waals surface area contributed by atoms with Crippen molar-refractivity contribution >= 4 is 11.5 Å². The highest BCUT2D eigenvalue weighted by Gasteiger charge is 2.35. The number of hydrogen-bond donors (Lipinski definition) is 1. The van der Waals surface area contributed by atoms with Gasteiger partial charge in [-0.05, 0) is 17.7 Å². The predicted octanol–water partition coefficient (Wildman–Crippen LogP) is 2.86. The summed E-state index contributed by atoms with van der Waals surface area (Å²) in [6.07, 6.45) is -4.90. The molecule has 0 aliphatic heterocycles. The zero-order chi connectivity index (χ0) is 13.9. The third-order valence-corrected chi connectivity index (χ3v) is 2.04. The number of rotatable bonds is 3. The Morgan fingerprint density at radius 3 is 2.39 bits per heavy atom. The molecule has 1 N–H and O–H groups in total. The van der Waals surface area contributed by atoms with Crippen LogP contribution in [-0.2, 0) is 4.79 Å². The average molecular weight is 264 g/mol. The lowest BCUT2D eigenvalue weighted by molar-refractivity contribution is -0.131. The molecule has 0 saturated carbocycles. The summed E-state index contributed by atoms with van der Waals surface area (Å²) in [5, 5.41) is 8.38. The summed E-state index contributed by atoms with van der Waals surface area (Å²) in [6, 6.07) is 2.50. The summed E-state index contributed by atoms with van der Waals surface area (Å²) in [6.45, 7) is 0. The van der Waals surface area contributed by atoms with Crippen molar-refractivity contribution in [1.29, 1.82) is 0 Å². The molecular formula is C11H8F4O3. The number of carboxylic acids is 1. The molecule has 7 heteroatoms. The second kappa shape index (κ2) is 5.07. The number of hydrogen-bond acceptors (Lipinski definition) is 2. The molecule has 0 unspecified atom stereocenters. The van der Waals surface area contributed by atoms with E-state index in [-0.39, 0.29) is 11.8 Å². The average Bonchev–Trinajstić information content (AvgIpc) is 2.24. The van der Waals surface area contributed by atoms with Gasteiger partial charge in [0.05, 0.1) is 12.7 Å². The third-order valence-electron chi connectivity index (χ3n) is 2.04. The molecule has 0 heterocycles. The molecule has 98 valence electrons. The van der Waals surface area contributed by atoms with Crippen LogP contribution in [0.3, 0.4) is 0 Å². The standard InChI is InChI=1S/C11H8F4O3/c1-18-9-3-2-6(4-8(9)12)7(5-10(16)17)11(13,14)15/h2-5H,1H3,(H,16,17)/b7-5+. The van der Waals surface area contributed by atoms with Gasteiger partial charge in [-0.2, -0.15) is 13.2 Å². The number of halogens is 4. The lowest BCUT2D eigenvalue weighted by atomic mass is 10.0. The van der Waals surface area contributed by atoms with E-state index >= 15 is 0 Å². The van der Waals surface area contributed by atoms with Gasteiger partial charge in [0, 0.05) is 6.08 Å². The maximum absolute atomic E-state index is 13.3. The van der Waals surface area contributed by atoms with Crippen LogP contribution >= 0.6 is 0 Å². The second-order valence-electron chi connectivity index (χ2n) is 3.24. The first-order valence-corrected chi connectivity index (χ1v) is 4.61. The molecule has 1 rings (SSSR count). The van der Waals surface area contributed by atoms with Gasteiger partial charge in [-0.25, -0.2) is 9.18 Å². The van der Waals surface area contributed by atoms with Crippen LogP contribution in [0.2, 0.25) is 0 Å². The van der Waals surface area contributed by atoms with Crippen molar-refractivity contribution in [1.82, 2.24) is 0 Å². The monoisotopic (exact) mass is 264 g/mol. The Kier molecular flexibility index (Phi) is 3.95. The molecule has 0 aliphatic rings.